The molecule has 1 amide bonds. The lowest BCUT2D eigenvalue weighted by molar-refractivity contribution is 0.102. The van der Waals surface area contributed by atoms with Crippen molar-refractivity contribution in [3.63, 3.8) is 0 Å². The highest BCUT2D eigenvalue weighted by atomic mass is 127. The third kappa shape index (κ3) is 1.94. The van der Waals surface area contributed by atoms with Gasteiger partial charge in [0.15, 0.2) is 5.76 Å². The van der Waals surface area contributed by atoms with Gasteiger partial charge in [0.1, 0.15) is 17.1 Å². The van der Waals surface area contributed by atoms with Crippen molar-refractivity contribution in [1.82, 2.24) is 15.4 Å². The Morgan fingerprint density at radius 1 is 1.56 bits per heavy atom. The number of rotatable bonds is 2. The Hall–Kier alpha value is -1.38. The molecule has 0 aromatic carbocycles. The molecule has 6 nitrogen and oxygen atoms in total. The molecular formula is C9H9IN4O2. The molecule has 2 rings (SSSR count). The molecule has 16 heavy (non-hydrogen) atoms. The molecule has 0 saturated heterocycles. The van der Waals surface area contributed by atoms with Gasteiger partial charge in [0, 0.05) is 0 Å². The van der Waals surface area contributed by atoms with E-state index in [1.165, 1.54) is 0 Å². The van der Waals surface area contributed by atoms with Crippen LogP contribution in [-0.4, -0.2) is 21.3 Å². The van der Waals surface area contributed by atoms with E-state index in [1.54, 1.807) is 20.0 Å². The summed E-state index contributed by atoms with van der Waals surface area (Å²) in [6.07, 6.45) is 1.59. The number of carbonyl (C=O) groups is 1. The summed E-state index contributed by atoms with van der Waals surface area (Å²) in [6.45, 7) is 3.51. The van der Waals surface area contributed by atoms with Crippen molar-refractivity contribution in [2.45, 2.75) is 13.8 Å². The standard InChI is InChI=1S/C9H9IN4O2/c1-4-7(5(2)16-14-4)12-9(15)8-6(10)3-11-13-8/h3H,1-2H3,(H,11,13)(H,12,15). The molecular weight excluding hydrogens is 323 g/mol. The van der Waals surface area contributed by atoms with Gasteiger partial charge < -0.3 is 9.84 Å². The number of nitrogens with zero attached hydrogens (tertiary/aromatic N) is 2. The van der Waals surface area contributed by atoms with Crippen molar-refractivity contribution >= 4 is 34.2 Å². The van der Waals surface area contributed by atoms with Gasteiger partial charge in [0.05, 0.1) is 9.77 Å². The molecule has 2 heterocycles. The van der Waals surface area contributed by atoms with Crippen LogP contribution >= 0.6 is 22.6 Å². The van der Waals surface area contributed by atoms with Gasteiger partial charge >= 0.3 is 0 Å². The number of halogens is 1. The van der Waals surface area contributed by atoms with Crippen molar-refractivity contribution in [2.24, 2.45) is 0 Å². The van der Waals surface area contributed by atoms with Gasteiger partial charge in [-0.3, -0.25) is 9.89 Å². The minimum Gasteiger partial charge on any atom is -0.359 e. The van der Waals surface area contributed by atoms with Crippen LogP contribution < -0.4 is 5.32 Å². The van der Waals surface area contributed by atoms with Gasteiger partial charge in [-0.1, -0.05) is 5.16 Å². The molecule has 2 N–H and O–H groups in total. The van der Waals surface area contributed by atoms with Crippen LogP contribution in [0.15, 0.2) is 10.7 Å². The number of nitrogens with one attached hydrogen (secondary N) is 2. The van der Waals surface area contributed by atoms with E-state index in [0.29, 0.717) is 22.8 Å². The van der Waals surface area contributed by atoms with Crippen LogP contribution in [0.5, 0.6) is 0 Å². The van der Waals surface area contributed by atoms with Gasteiger partial charge in [-0.2, -0.15) is 5.10 Å². The SMILES string of the molecule is Cc1noc(C)c1NC(=O)c1[nH]ncc1I. The number of aromatic nitrogens is 3. The molecule has 0 fully saturated rings. The summed E-state index contributed by atoms with van der Waals surface area (Å²) in [6, 6.07) is 0. The predicted molar refractivity (Wildman–Crippen MR) is 65.2 cm³/mol. The highest BCUT2D eigenvalue weighted by Gasteiger charge is 2.16. The third-order valence-corrected chi connectivity index (χ3v) is 2.91. The van der Waals surface area contributed by atoms with Crippen LogP contribution in [0.25, 0.3) is 0 Å². The maximum Gasteiger partial charge on any atom is 0.274 e. The molecule has 0 spiro atoms. The molecule has 0 saturated carbocycles. The zero-order chi connectivity index (χ0) is 11.7. The molecule has 0 radical (unpaired) electrons. The van der Waals surface area contributed by atoms with Crippen LogP contribution in [0.3, 0.4) is 0 Å². The zero-order valence-corrected chi connectivity index (χ0v) is 10.8. The molecule has 0 aliphatic carbocycles. The predicted octanol–water partition coefficient (Wildman–Crippen LogP) is 1.87. The average Bonchev–Trinajstić information content (AvgIpc) is 2.79. The second-order valence-electron chi connectivity index (χ2n) is 3.25. The fraction of sp³-hybridized carbons (Fsp3) is 0.222. The first-order chi connectivity index (χ1) is 7.59. The Labute approximate surface area is 105 Å². The van der Waals surface area contributed by atoms with Crippen molar-refractivity contribution in [3.8, 4) is 0 Å². The number of aryl methyl sites for hydroxylation is 2. The minimum absolute atomic E-state index is 0.253. The number of carbonyl (C=O) groups excluding carboxylic acids is 1. The van der Waals surface area contributed by atoms with Crippen LogP contribution in [0.1, 0.15) is 21.9 Å². The van der Waals surface area contributed by atoms with E-state index in [0.717, 1.165) is 3.57 Å². The number of anilines is 1. The second-order valence-corrected chi connectivity index (χ2v) is 4.41. The summed E-state index contributed by atoms with van der Waals surface area (Å²) >= 11 is 2.04. The van der Waals surface area contributed by atoms with Gasteiger partial charge in [0.2, 0.25) is 0 Å². The number of hydrogen-bond donors (Lipinski definition) is 2. The Kier molecular flexibility index (Phi) is 2.95. The summed E-state index contributed by atoms with van der Waals surface area (Å²) in [5, 5.41) is 12.9. The van der Waals surface area contributed by atoms with Crippen molar-refractivity contribution in [1.29, 1.82) is 0 Å². The number of aromatic amines is 1. The van der Waals surface area contributed by atoms with Crippen molar-refractivity contribution in [3.05, 3.63) is 26.9 Å². The molecule has 84 valence electrons. The summed E-state index contributed by atoms with van der Waals surface area (Å²) in [5.41, 5.74) is 1.69. The second kappa shape index (κ2) is 4.24. The van der Waals surface area contributed by atoms with E-state index in [-0.39, 0.29) is 5.91 Å². The number of amides is 1. The highest BCUT2D eigenvalue weighted by molar-refractivity contribution is 14.1. The van der Waals surface area contributed by atoms with Crippen LogP contribution in [0, 0.1) is 17.4 Å². The van der Waals surface area contributed by atoms with E-state index in [9.17, 15) is 4.79 Å². The quantitative estimate of drug-likeness (QED) is 0.823. The smallest absolute Gasteiger partial charge is 0.274 e. The van der Waals surface area contributed by atoms with Crippen LogP contribution in [-0.2, 0) is 0 Å². The normalized spacial score (nSPS) is 10.4. The largest absolute Gasteiger partial charge is 0.359 e. The lowest BCUT2D eigenvalue weighted by atomic mass is 10.3. The van der Waals surface area contributed by atoms with E-state index in [1.807, 2.05) is 22.6 Å². The summed E-state index contributed by atoms with van der Waals surface area (Å²) in [7, 11) is 0. The van der Waals surface area contributed by atoms with E-state index in [2.05, 4.69) is 20.7 Å². The van der Waals surface area contributed by atoms with Crippen LogP contribution in [0.4, 0.5) is 5.69 Å². The lowest BCUT2D eigenvalue weighted by Crippen LogP contribution is -2.14. The highest BCUT2D eigenvalue weighted by Crippen LogP contribution is 2.20. The van der Waals surface area contributed by atoms with Gasteiger partial charge in [-0.15, -0.1) is 0 Å². The van der Waals surface area contributed by atoms with Crippen molar-refractivity contribution < 1.29 is 9.32 Å². The van der Waals surface area contributed by atoms with Gasteiger partial charge in [-0.05, 0) is 36.4 Å². The van der Waals surface area contributed by atoms with Gasteiger partial charge in [0.25, 0.3) is 5.91 Å². The first-order valence-electron chi connectivity index (χ1n) is 4.52. The van der Waals surface area contributed by atoms with Crippen LogP contribution in [0.2, 0.25) is 0 Å². The Balaban J connectivity index is 2.24. The lowest BCUT2D eigenvalue weighted by Gasteiger charge is -2.02. The summed E-state index contributed by atoms with van der Waals surface area (Å²) in [4.78, 5) is 11.8. The summed E-state index contributed by atoms with van der Waals surface area (Å²) < 4.78 is 5.72. The molecule has 0 bridgehead atoms. The minimum atomic E-state index is -0.253. The molecule has 0 atom stereocenters. The fourth-order valence-corrected chi connectivity index (χ4v) is 1.77. The van der Waals surface area contributed by atoms with E-state index in [4.69, 9.17) is 4.52 Å². The Morgan fingerprint density at radius 3 is 2.81 bits per heavy atom. The maximum absolute atomic E-state index is 11.8. The molecule has 2 aromatic rings. The Morgan fingerprint density at radius 2 is 2.31 bits per heavy atom. The van der Waals surface area contributed by atoms with E-state index >= 15 is 0 Å². The van der Waals surface area contributed by atoms with E-state index < -0.39 is 0 Å². The van der Waals surface area contributed by atoms with Gasteiger partial charge in [-0.25, -0.2) is 0 Å². The number of H-pyrrole nitrogens is 1. The first-order valence-corrected chi connectivity index (χ1v) is 5.60. The first kappa shape index (κ1) is 11.1. The molecule has 0 aliphatic rings. The average molecular weight is 332 g/mol. The fourth-order valence-electron chi connectivity index (χ4n) is 1.27. The molecule has 0 unspecified atom stereocenters. The topological polar surface area (TPSA) is 83.8 Å². The molecule has 0 aliphatic heterocycles. The Bertz CT molecular complexity index is 512. The molecule has 7 heteroatoms. The third-order valence-electron chi connectivity index (χ3n) is 2.09. The van der Waals surface area contributed by atoms with Crippen molar-refractivity contribution in [2.75, 3.05) is 5.32 Å². The number of hydrogen-bond acceptors (Lipinski definition) is 4. The molecule has 2 aromatic heterocycles. The maximum atomic E-state index is 11.8. The zero-order valence-electron chi connectivity index (χ0n) is 8.67. The monoisotopic (exact) mass is 332 g/mol. The summed E-state index contributed by atoms with van der Waals surface area (Å²) in [5.74, 6) is 0.330.